The molecular formula is C21H30ClNO3S. The van der Waals surface area contributed by atoms with E-state index in [-0.39, 0.29) is 11.5 Å². The monoisotopic (exact) mass is 411 g/mol. The second kappa shape index (κ2) is 7.66. The summed E-state index contributed by atoms with van der Waals surface area (Å²) < 4.78 is 29.0. The molecule has 0 amide bonds. The second-order valence-electron chi connectivity index (χ2n) is 9.04. The van der Waals surface area contributed by atoms with E-state index in [1.54, 1.807) is 0 Å². The fourth-order valence-corrected chi connectivity index (χ4v) is 7.74. The van der Waals surface area contributed by atoms with Crippen LogP contribution in [0, 0.1) is 11.3 Å². The van der Waals surface area contributed by atoms with E-state index in [0.29, 0.717) is 17.4 Å². The van der Waals surface area contributed by atoms with Crippen molar-refractivity contribution in [1.29, 1.82) is 0 Å². The van der Waals surface area contributed by atoms with E-state index in [0.717, 1.165) is 62.5 Å². The Kier molecular flexibility index (Phi) is 5.58. The smallest absolute Gasteiger partial charge is 0.151 e. The van der Waals surface area contributed by atoms with Crippen molar-refractivity contribution in [2.45, 2.75) is 45.1 Å². The van der Waals surface area contributed by atoms with Crippen LogP contribution in [0.2, 0.25) is 5.02 Å². The third-order valence-electron chi connectivity index (χ3n) is 6.32. The van der Waals surface area contributed by atoms with Gasteiger partial charge in [0.1, 0.15) is 0 Å². The highest BCUT2D eigenvalue weighted by Gasteiger charge is 2.51. The average molecular weight is 412 g/mol. The van der Waals surface area contributed by atoms with Gasteiger partial charge in [-0.15, -0.1) is 0 Å². The topological polar surface area (TPSA) is 46.6 Å². The van der Waals surface area contributed by atoms with Crippen LogP contribution in [0.5, 0.6) is 0 Å². The van der Waals surface area contributed by atoms with Crippen molar-refractivity contribution in [2.75, 3.05) is 37.7 Å². The predicted molar refractivity (Wildman–Crippen MR) is 109 cm³/mol. The van der Waals surface area contributed by atoms with Gasteiger partial charge in [-0.2, -0.15) is 0 Å². The largest absolute Gasteiger partial charge is 0.373 e. The van der Waals surface area contributed by atoms with Crippen LogP contribution in [-0.2, 0) is 21.0 Å². The molecule has 0 bridgehead atoms. The molecular weight excluding hydrogens is 382 g/mol. The minimum atomic E-state index is -2.74. The van der Waals surface area contributed by atoms with Crippen LogP contribution < -0.4 is 0 Å². The fourth-order valence-electron chi connectivity index (χ4n) is 5.16. The molecule has 0 aliphatic carbocycles. The number of hydrogen-bond acceptors (Lipinski definition) is 4. The Morgan fingerprint density at radius 2 is 2.15 bits per heavy atom. The zero-order valence-corrected chi connectivity index (χ0v) is 17.7. The normalized spacial score (nSPS) is 28.1. The summed E-state index contributed by atoms with van der Waals surface area (Å²) >= 11 is 6.56. The number of nitrogens with zero attached hydrogens (tertiary/aromatic N) is 1. The summed E-state index contributed by atoms with van der Waals surface area (Å²) in [6.45, 7) is 6.09. The molecule has 3 saturated heterocycles. The van der Waals surface area contributed by atoms with E-state index in [4.69, 9.17) is 16.3 Å². The molecule has 0 radical (unpaired) electrons. The summed E-state index contributed by atoms with van der Waals surface area (Å²) in [5.41, 5.74) is 2.45. The molecule has 3 aliphatic heterocycles. The number of likely N-dealkylation sites (tertiary alicyclic amines) is 1. The minimum absolute atomic E-state index is 0.0590. The van der Waals surface area contributed by atoms with Crippen LogP contribution >= 0.6 is 11.6 Å². The number of halogens is 1. The summed E-state index contributed by atoms with van der Waals surface area (Å²) in [4.78, 5) is 2.45. The van der Waals surface area contributed by atoms with E-state index < -0.39 is 9.84 Å². The maximum absolute atomic E-state index is 11.6. The lowest BCUT2D eigenvalue weighted by Gasteiger charge is -2.37. The first-order valence-corrected chi connectivity index (χ1v) is 12.4. The van der Waals surface area contributed by atoms with Crippen LogP contribution in [0.1, 0.15) is 49.8 Å². The van der Waals surface area contributed by atoms with Crippen LogP contribution in [-0.4, -0.2) is 51.1 Å². The lowest BCUT2D eigenvalue weighted by Crippen LogP contribution is -2.50. The zero-order valence-electron chi connectivity index (χ0n) is 16.1. The van der Waals surface area contributed by atoms with Gasteiger partial charge in [-0.3, -0.25) is 0 Å². The molecule has 3 fully saturated rings. The van der Waals surface area contributed by atoms with Crippen molar-refractivity contribution in [3.8, 4) is 0 Å². The van der Waals surface area contributed by atoms with Crippen LogP contribution in [0.15, 0.2) is 18.2 Å². The molecule has 3 aliphatic rings. The van der Waals surface area contributed by atoms with E-state index in [1.807, 2.05) is 0 Å². The molecule has 4 rings (SSSR count). The highest BCUT2D eigenvalue weighted by molar-refractivity contribution is 7.92. The molecule has 0 saturated carbocycles. The molecule has 2 atom stereocenters. The summed E-state index contributed by atoms with van der Waals surface area (Å²) in [6.07, 6.45) is 5.58. The molecule has 1 aromatic carbocycles. The molecule has 27 heavy (non-hydrogen) atoms. The highest BCUT2D eigenvalue weighted by Crippen LogP contribution is 2.41. The van der Waals surface area contributed by atoms with Crippen molar-refractivity contribution >= 4 is 21.4 Å². The van der Waals surface area contributed by atoms with Gasteiger partial charge in [0.25, 0.3) is 0 Å². The number of ether oxygens (including phenoxy) is 1. The van der Waals surface area contributed by atoms with Gasteiger partial charge < -0.3 is 9.64 Å². The Balaban J connectivity index is 1.31. The van der Waals surface area contributed by atoms with Gasteiger partial charge in [0.2, 0.25) is 0 Å². The van der Waals surface area contributed by atoms with E-state index in [1.165, 1.54) is 12.0 Å². The Morgan fingerprint density at radius 1 is 1.33 bits per heavy atom. The second-order valence-corrected chi connectivity index (χ2v) is 11.5. The van der Waals surface area contributed by atoms with E-state index in [2.05, 4.69) is 30.0 Å². The number of rotatable bonds is 5. The first-order valence-electron chi connectivity index (χ1n) is 10.2. The first-order chi connectivity index (χ1) is 12.8. The molecule has 3 heterocycles. The number of benzene rings is 1. The van der Waals surface area contributed by atoms with Gasteiger partial charge in [-0.1, -0.05) is 30.7 Å². The van der Waals surface area contributed by atoms with Gasteiger partial charge in [0, 0.05) is 30.1 Å². The Labute approximate surface area is 168 Å². The van der Waals surface area contributed by atoms with Gasteiger partial charge in [0.15, 0.2) is 9.84 Å². The summed E-state index contributed by atoms with van der Waals surface area (Å²) in [5, 5.41) is 0.825. The summed E-state index contributed by atoms with van der Waals surface area (Å²) in [6, 6.07) is 6.44. The Bertz CT molecular complexity index is 777. The maximum Gasteiger partial charge on any atom is 0.151 e. The molecule has 0 aromatic heterocycles. The lowest BCUT2D eigenvalue weighted by molar-refractivity contribution is 0.0150. The maximum atomic E-state index is 11.6. The molecule has 0 N–H and O–H groups in total. The van der Waals surface area contributed by atoms with Crippen molar-refractivity contribution in [1.82, 2.24) is 4.90 Å². The summed E-state index contributed by atoms with van der Waals surface area (Å²) in [5.74, 6) is 1.31. The number of hydrogen-bond donors (Lipinski definition) is 0. The van der Waals surface area contributed by atoms with Gasteiger partial charge in [-0.25, -0.2) is 8.42 Å². The molecule has 1 aromatic rings. The quantitative estimate of drug-likeness (QED) is 0.737. The van der Waals surface area contributed by atoms with E-state index in [9.17, 15) is 8.42 Å². The van der Waals surface area contributed by atoms with Crippen molar-refractivity contribution in [3.05, 3.63) is 34.3 Å². The molecule has 4 nitrogen and oxygen atoms in total. The number of sulfone groups is 1. The Morgan fingerprint density at radius 3 is 2.81 bits per heavy atom. The van der Waals surface area contributed by atoms with Gasteiger partial charge in [0.05, 0.1) is 17.6 Å². The molecule has 6 heteroatoms. The Hall–Kier alpha value is -0.620. The standard InChI is InChI=1S/C21H30ClNO3S/c1-16(12-23-8-7-21(13-23)14-27(24,25)15-21)10-17-5-6-18(19(22)11-17)20-4-2-3-9-26-20/h5-6,11,16,20H,2-4,7-10,12-15H2,1H3/t16?,20-/m0/s1. The molecule has 150 valence electrons. The molecule has 1 unspecified atom stereocenters. The third kappa shape index (κ3) is 4.52. The lowest BCUT2D eigenvalue weighted by atomic mass is 9.91. The first kappa shape index (κ1) is 19.7. The van der Waals surface area contributed by atoms with Crippen LogP contribution in [0.4, 0.5) is 0 Å². The average Bonchev–Trinajstić information content (AvgIpc) is 2.97. The van der Waals surface area contributed by atoms with Crippen LogP contribution in [0.3, 0.4) is 0 Å². The van der Waals surface area contributed by atoms with Crippen molar-refractivity contribution in [3.63, 3.8) is 0 Å². The van der Waals surface area contributed by atoms with Crippen molar-refractivity contribution in [2.24, 2.45) is 11.3 Å². The van der Waals surface area contributed by atoms with E-state index >= 15 is 0 Å². The van der Waals surface area contributed by atoms with Crippen LogP contribution in [0.25, 0.3) is 0 Å². The van der Waals surface area contributed by atoms with Gasteiger partial charge in [-0.05, 0) is 61.8 Å². The van der Waals surface area contributed by atoms with Gasteiger partial charge >= 0.3 is 0 Å². The predicted octanol–water partition coefficient (Wildman–Crippen LogP) is 3.88. The zero-order chi connectivity index (χ0) is 19.1. The fraction of sp³-hybridized carbons (Fsp3) is 0.714. The summed E-state index contributed by atoms with van der Waals surface area (Å²) in [7, 11) is -2.74. The third-order valence-corrected chi connectivity index (χ3v) is 8.75. The highest BCUT2D eigenvalue weighted by atomic mass is 35.5. The van der Waals surface area contributed by atoms with Crippen molar-refractivity contribution < 1.29 is 13.2 Å². The minimum Gasteiger partial charge on any atom is -0.373 e. The SMILES string of the molecule is CC(Cc1ccc([C@@H]2CCCCO2)c(Cl)c1)CN1CCC2(C1)CS(=O)(=O)C2. The molecule has 1 spiro atoms.